The lowest BCUT2D eigenvalue weighted by molar-refractivity contribution is 0.0595. The minimum absolute atomic E-state index is 0.0636. The Balaban J connectivity index is 1.78. The first kappa shape index (κ1) is 16.9. The van der Waals surface area contributed by atoms with E-state index in [9.17, 15) is 13.2 Å². The number of rotatable bonds is 5. The number of pyridine rings is 1. The van der Waals surface area contributed by atoms with Crippen molar-refractivity contribution in [2.45, 2.75) is 11.4 Å². The molecule has 0 aliphatic heterocycles. The van der Waals surface area contributed by atoms with Crippen molar-refractivity contribution in [1.82, 2.24) is 9.97 Å². The summed E-state index contributed by atoms with van der Waals surface area (Å²) in [5, 5.41) is 9.04. The standard InChI is InChI=1S/C16H16N4O4S/c1-24-16(21)14-7-11-6-12(9-19-15(11)20-14)18-8-10-3-2-4-13(5-10)25(17,22)23/h2-7,9,18H,8H2,1H3,(H,19,20)(H2,17,22,23). The van der Waals surface area contributed by atoms with Crippen LogP contribution >= 0.6 is 0 Å². The fourth-order valence-electron chi connectivity index (χ4n) is 2.37. The number of hydrogen-bond donors (Lipinski definition) is 3. The van der Waals surface area contributed by atoms with Crippen LogP contribution < -0.4 is 10.5 Å². The molecule has 2 heterocycles. The Hall–Kier alpha value is -2.91. The summed E-state index contributed by atoms with van der Waals surface area (Å²) in [5.41, 5.74) is 2.38. The third kappa shape index (κ3) is 3.78. The summed E-state index contributed by atoms with van der Waals surface area (Å²) in [5.74, 6) is -0.465. The van der Waals surface area contributed by atoms with E-state index in [2.05, 4.69) is 20.0 Å². The summed E-state index contributed by atoms with van der Waals surface area (Å²) in [6.45, 7) is 0.394. The van der Waals surface area contributed by atoms with Gasteiger partial charge in [-0.05, 0) is 29.8 Å². The minimum Gasteiger partial charge on any atom is -0.464 e. The van der Waals surface area contributed by atoms with Gasteiger partial charge in [0.25, 0.3) is 0 Å². The summed E-state index contributed by atoms with van der Waals surface area (Å²) in [6.07, 6.45) is 1.61. The molecule has 0 saturated heterocycles. The van der Waals surface area contributed by atoms with Gasteiger partial charge in [0.2, 0.25) is 10.0 Å². The number of hydrogen-bond acceptors (Lipinski definition) is 6. The number of anilines is 1. The summed E-state index contributed by atoms with van der Waals surface area (Å²) < 4.78 is 27.5. The number of esters is 1. The monoisotopic (exact) mass is 360 g/mol. The molecule has 3 rings (SSSR count). The van der Waals surface area contributed by atoms with Crippen LogP contribution in [0.2, 0.25) is 0 Å². The molecule has 0 saturated carbocycles. The fraction of sp³-hybridized carbons (Fsp3) is 0.125. The van der Waals surface area contributed by atoms with E-state index in [1.54, 1.807) is 24.4 Å². The molecule has 0 amide bonds. The molecule has 130 valence electrons. The molecule has 9 heteroatoms. The van der Waals surface area contributed by atoms with Crippen LogP contribution in [0.5, 0.6) is 0 Å². The highest BCUT2D eigenvalue weighted by Crippen LogP contribution is 2.19. The van der Waals surface area contributed by atoms with E-state index in [0.29, 0.717) is 17.9 Å². The molecular weight excluding hydrogens is 344 g/mol. The first-order valence-electron chi connectivity index (χ1n) is 7.29. The van der Waals surface area contributed by atoms with Crippen LogP contribution in [0.4, 0.5) is 5.69 Å². The third-order valence-corrected chi connectivity index (χ3v) is 4.51. The number of methoxy groups -OCH3 is 1. The molecule has 4 N–H and O–H groups in total. The Morgan fingerprint density at radius 3 is 2.84 bits per heavy atom. The number of nitrogens with one attached hydrogen (secondary N) is 2. The molecule has 25 heavy (non-hydrogen) atoms. The zero-order valence-corrected chi connectivity index (χ0v) is 14.1. The van der Waals surface area contributed by atoms with Gasteiger partial charge in [-0.15, -0.1) is 0 Å². The summed E-state index contributed by atoms with van der Waals surface area (Å²) in [7, 11) is -2.42. The zero-order chi connectivity index (χ0) is 18.0. The molecule has 0 spiro atoms. The molecule has 3 aromatic rings. The lowest BCUT2D eigenvalue weighted by Gasteiger charge is -2.07. The minimum atomic E-state index is -3.73. The van der Waals surface area contributed by atoms with Crippen LogP contribution in [0.15, 0.2) is 47.5 Å². The predicted octanol–water partition coefficient (Wildman–Crippen LogP) is 1.61. The van der Waals surface area contributed by atoms with Crippen LogP contribution in [-0.2, 0) is 21.3 Å². The number of primary sulfonamides is 1. The fourth-order valence-corrected chi connectivity index (χ4v) is 2.95. The van der Waals surface area contributed by atoms with Gasteiger partial charge in [-0.1, -0.05) is 12.1 Å². The Labute approximate surface area is 144 Å². The number of benzene rings is 1. The van der Waals surface area contributed by atoms with E-state index in [0.717, 1.165) is 16.6 Å². The molecule has 0 unspecified atom stereocenters. The number of fused-ring (bicyclic) bond motifs is 1. The SMILES string of the molecule is COC(=O)c1cc2cc(NCc3cccc(S(N)(=O)=O)c3)cnc2[nH]1. The van der Waals surface area contributed by atoms with Gasteiger partial charge >= 0.3 is 5.97 Å². The molecule has 0 atom stereocenters. The number of carbonyl (C=O) groups is 1. The van der Waals surface area contributed by atoms with Gasteiger partial charge < -0.3 is 15.0 Å². The topological polar surface area (TPSA) is 127 Å². The van der Waals surface area contributed by atoms with Gasteiger partial charge in [0.15, 0.2) is 0 Å². The molecule has 8 nitrogen and oxygen atoms in total. The first-order chi connectivity index (χ1) is 11.9. The predicted molar refractivity (Wildman–Crippen MR) is 92.6 cm³/mol. The van der Waals surface area contributed by atoms with Crippen LogP contribution in [0, 0.1) is 0 Å². The van der Waals surface area contributed by atoms with Crippen LogP contribution in [0.3, 0.4) is 0 Å². The maximum absolute atomic E-state index is 11.5. The average molecular weight is 360 g/mol. The second-order valence-corrected chi connectivity index (χ2v) is 6.94. The zero-order valence-electron chi connectivity index (χ0n) is 13.3. The molecule has 2 aromatic heterocycles. The van der Waals surface area contributed by atoms with Gasteiger partial charge in [-0.25, -0.2) is 23.3 Å². The highest BCUT2D eigenvalue weighted by molar-refractivity contribution is 7.89. The van der Waals surface area contributed by atoms with Crippen molar-refractivity contribution in [3.8, 4) is 0 Å². The van der Waals surface area contributed by atoms with Gasteiger partial charge in [-0.2, -0.15) is 0 Å². The van der Waals surface area contributed by atoms with E-state index in [-0.39, 0.29) is 4.90 Å². The quantitative estimate of drug-likeness (QED) is 0.593. The van der Waals surface area contributed by atoms with Crippen LogP contribution in [-0.4, -0.2) is 31.5 Å². The molecule has 0 aliphatic carbocycles. The Kier molecular flexibility index (Phi) is 4.43. The van der Waals surface area contributed by atoms with Crippen molar-refractivity contribution in [3.63, 3.8) is 0 Å². The van der Waals surface area contributed by atoms with Gasteiger partial charge in [-0.3, -0.25) is 0 Å². The lowest BCUT2D eigenvalue weighted by Crippen LogP contribution is -2.12. The Bertz CT molecular complexity index is 1040. The van der Waals surface area contributed by atoms with E-state index in [4.69, 9.17) is 5.14 Å². The molecule has 0 bridgehead atoms. The number of nitrogens with two attached hydrogens (primary N) is 1. The Morgan fingerprint density at radius 2 is 2.12 bits per heavy atom. The largest absolute Gasteiger partial charge is 0.464 e. The van der Waals surface area contributed by atoms with Gasteiger partial charge in [0, 0.05) is 11.9 Å². The first-order valence-corrected chi connectivity index (χ1v) is 8.84. The average Bonchev–Trinajstić information content (AvgIpc) is 3.02. The van der Waals surface area contributed by atoms with Crippen molar-refractivity contribution in [1.29, 1.82) is 0 Å². The lowest BCUT2D eigenvalue weighted by atomic mass is 10.2. The number of carbonyl (C=O) groups excluding carboxylic acids is 1. The van der Waals surface area contributed by atoms with Crippen LogP contribution in [0.1, 0.15) is 16.1 Å². The summed E-state index contributed by atoms with van der Waals surface area (Å²) in [4.78, 5) is 18.7. The molecular formula is C16H16N4O4S. The molecule has 0 radical (unpaired) electrons. The number of aromatic amines is 1. The van der Waals surface area contributed by atoms with Gasteiger partial charge in [0.1, 0.15) is 11.3 Å². The maximum atomic E-state index is 11.5. The van der Waals surface area contributed by atoms with E-state index < -0.39 is 16.0 Å². The van der Waals surface area contributed by atoms with Crippen molar-refractivity contribution in [3.05, 3.63) is 53.9 Å². The Morgan fingerprint density at radius 1 is 1.32 bits per heavy atom. The second kappa shape index (κ2) is 6.54. The highest BCUT2D eigenvalue weighted by Gasteiger charge is 2.11. The van der Waals surface area contributed by atoms with Crippen molar-refractivity contribution in [2.75, 3.05) is 12.4 Å². The summed E-state index contributed by atoms with van der Waals surface area (Å²) in [6, 6.07) is 9.86. The molecule has 0 aliphatic rings. The summed E-state index contributed by atoms with van der Waals surface area (Å²) >= 11 is 0. The highest BCUT2D eigenvalue weighted by atomic mass is 32.2. The number of aromatic nitrogens is 2. The molecule has 0 fully saturated rings. The number of H-pyrrole nitrogens is 1. The third-order valence-electron chi connectivity index (χ3n) is 3.60. The van der Waals surface area contributed by atoms with Crippen molar-refractivity contribution in [2.24, 2.45) is 5.14 Å². The maximum Gasteiger partial charge on any atom is 0.354 e. The molecule has 1 aromatic carbocycles. The van der Waals surface area contributed by atoms with E-state index in [1.807, 2.05) is 6.07 Å². The van der Waals surface area contributed by atoms with Crippen molar-refractivity contribution >= 4 is 32.7 Å². The van der Waals surface area contributed by atoms with E-state index >= 15 is 0 Å². The number of ether oxygens (including phenoxy) is 1. The van der Waals surface area contributed by atoms with Crippen molar-refractivity contribution < 1.29 is 17.9 Å². The normalized spacial score (nSPS) is 11.4. The smallest absolute Gasteiger partial charge is 0.354 e. The number of sulfonamides is 1. The second-order valence-electron chi connectivity index (χ2n) is 5.38. The number of nitrogens with zero attached hydrogens (tertiary/aromatic N) is 1. The van der Waals surface area contributed by atoms with Crippen LogP contribution in [0.25, 0.3) is 11.0 Å². The van der Waals surface area contributed by atoms with E-state index in [1.165, 1.54) is 19.2 Å². The van der Waals surface area contributed by atoms with Gasteiger partial charge in [0.05, 0.1) is 23.9 Å².